The number of carbonyl (C=O) groups excluding carboxylic acids is 1. The number of aliphatic imine (C=N–C) groups is 1. The molecule has 0 saturated heterocycles. The van der Waals surface area contributed by atoms with Gasteiger partial charge in [0.2, 0.25) is 0 Å². The van der Waals surface area contributed by atoms with Gasteiger partial charge in [-0.15, -0.1) is 12.4 Å². The quantitative estimate of drug-likeness (QED) is 0.623. The molecule has 0 aliphatic carbocycles. The van der Waals surface area contributed by atoms with Gasteiger partial charge in [0, 0.05) is 22.9 Å². The Bertz CT molecular complexity index is 1060. The first-order valence-corrected chi connectivity index (χ1v) is 8.60. The maximum absolute atomic E-state index is 14.5. The Hall–Kier alpha value is -2.79. The predicted octanol–water partition coefficient (Wildman–Crippen LogP) is 4.55. The van der Waals surface area contributed by atoms with Crippen LogP contribution >= 0.6 is 12.4 Å². The van der Waals surface area contributed by atoms with E-state index in [1.165, 1.54) is 13.0 Å². The lowest BCUT2D eigenvalue weighted by atomic mass is 9.97. The summed E-state index contributed by atoms with van der Waals surface area (Å²) in [7, 11) is 0. The Morgan fingerprint density at radius 1 is 1.19 bits per heavy atom. The van der Waals surface area contributed by atoms with Gasteiger partial charge < -0.3 is 4.57 Å². The van der Waals surface area contributed by atoms with Crippen molar-refractivity contribution in [2.75, 3.05) is 0 Å². The number of hydrogen-bond acceptors (Lipinski definition) is 3. The third kappa shape index (κ3) is 3.30. The van der Waals surface area contributed by atoms with E-state index in [4.69, 9.17) is 0 Å². The molecule has 2 aromatic carbocycles. The van der Waals surface area contributed by atoms with Crippen molar-refractivity contribution < 1.29 is 9.18 Å². The molecule has 3 aromatic rings. The Morgan fingerprint density at radius 3 is 2.67 bits per heavy atom. The Balaban J connectivity index is 0.00000210. The second-order valence-electron chi connectivity index (χ2n) is 6.30. The molecule has 0 amide bonds. The number of Topliss-reactive ketones (excluding diaryl/α,β-unsaturated/α-hetero) is 1. The van der Waals surface area contributed by atoms with E-state index in [1.54, 1.807) is 30.3 Å². The van der Waals surface area contributed by atoms with Crippen LogP contribution < -0.4 is 0 Å². The first kappa shape index (κ1) is 19.0. The number of benzene rings is 2. The van der Waals surface area contributed by atoms with Crippen LogP contribution in [0.5, 0.6) is 0 Å². The highest BCUT2D eigenvalue weighted by Gasteiger charge is 2.22. The number of hydrogen-bond donors (Lipinski definition) is 0. The molecule has 1 aliphatic heterocycles. The molecule has 0 atom stereocenters. The molecular formula is C21H19ClFN3O. The number of halogens is 2. The zero-order valence-electron chi connectivity index (χ0n) is 15.1. The molecule has 1 aliphatic rings. The monoisotopic (exact) mass is 383 g/mol. The average Bonchev–Trinajstić information content (AvgIpc) is 3.00. The maximum Gasteiger partial charge on any atom is 0.159 e. The van der Waals surface area contributed by atoms with Crippen molar-refractivity contribution in [1.82, 2.24) is 9.55 Å². The molecular weight excluding hydrogens is 365 g/mol. The third-order valence-corrected chi connectivity index (χ3v) is 4.62. The van der Waals surface area contributed by atoms with Crippen LogP contribution in [0.4, 0.5) is 4.39 Å². The fourth-order valence-corrected chi connectivity index (χ4v) is 3.24. The van der Waals surface area contributed by atoms with Gasteiger partial charge in [0.15, 0.2) is 5.78 Å². The van der Waals surface area contributed by atoms with Gasteiger partial charge in [0.25, 0.3) is 0 Å². The molecule has 27 heavy (non-hydrogen) atoms. The third-order valence-electron chi connectivity index (χ3n) is 4.62. The Morgan fingerprint density at radius 2 is 1.96 bits per heavy atom. The molecule has 2 heterocycles. The summed E-state index contributed by atoms with van der Waals surface area (Å²) in [6.07, 6.45) is 2.81. The van der Waals surface area contributed by atoms with Crippen LogP contribution in [0.1, 0.15) is 46.9 Å². The summed E-state index contributed by atoms with van der Waals surface area (Å²) < 4.78 is 16.5. The van der Waals surface area contributed by atoms with Crippen molar-refractivity contribution in [3.8, 4) is 5.69 Å². The van der Waals surface area contributed by atoms with E-state index < -0.39 is 0 Å². The molecule has 4 rings (SSSR count). The molecule has 4 nitrogen and oxygen atoms in total. The van der Waals surface area contributed by atoms with E-state index in [9.17, 15) is 9.18 Å². The first-order valence-electron chi connectivity index (χ1n) is 8.60. The smallest absolute Gasteiger partial charge is 0.159 e. The van der Waals surface area contributed by atoms with Crippen LogP contribution in [-0.2, 0) is 13.0 Å². The van der Waals surface area contributed by atoms with Crippen LogP contribution in [0.3, 0.4) is 0 Å². The molecule has 0 unspecified atom stereocenters. The number of rotatable bonds is 3. The van der Waals surface area contributed by atoms with Crippen LogP contribution in [-0.4, -0.2) is 21.0 Å². The van der Waals surface area contributed by atoms with Crippen LogP contribution in [0.2, 0.25) is 0 Å². The second-order valence-corrected chi connectivity index (χ2v) is 6.30. The number of carbonyl (C=O) groups is 1. The van der Waals surface area contributed by atoms with Gasteiger partial charge in [0.05, 0.1) is 23.6 Å². The molecule has 1 aromatic heterocycles. The van der Waals surface area contributed by atoms with Crippen molar-refractivity contribution in [2.45, 2.75) is 26.8 Å². The van der Waals surface area contributed by atoms with Gasteiger partial charge in [-0.2, -0.15) is 0 Å². The van der Waals surface area contributed by atoms with E-state index in [2.05, 4.69) is 16.9 Å². The summed E-state index contributed by atoms with van der Waals surface area (Å²) >= 11 is 0. The summed E-state index contributed by atoms with van der Waals surface area (Å²) in [6, 6.07) is 12.0. The predicted molar refractivity (Wildman–Crippen MR) is 106 cm³/mol. The first-order chi connectivity index (χ1) is 12.6. The van der Waals surface area contributed by atoms with Crippen molar-refractivity contribution in [1.29, 1.82) is 0 Å². The Kier molecular flexibility index (Phi) is 5.24. The van der Waals surface area contributed by atoms with Crippen LogP contribution in [0.15, 0.2) is 53.7 Å². The normalized spacial score (nSPS) is 12.3. The van der Waals surface area contributed by atoms with Gasteiger partial charge in [-0.1, -0.05) is 19.1 Å². The van der Waals surface area contributed by atoms with Crippen LogP contribution in [0, 0.1) is 5.82 Å². The number of imidazole rings is 1. The lowest BCUT2D eigenvalue weighted by Gasteiger charge is -2.13. The minimum atomic E-state index is -0.334. The van der Waals surface area contributed by atoms with E-state index in [1.807, 2.05) is 16.8 Å². The number of nitrogens with zero attached hydrogens (tertiary/aromatic N) is 3. The molecule has 0 N–H and O–H groups in total. The highest BCUT2D eigenvalue weighted by atomic mass is 35.5. The lowest BCUT2D eigenvalue weighted by Crippen LogP contribution is -2.10. The summed E-state index contributed by atoms with van der Waals surface area (Å²) in [5, 5.41) is 0. The number of aryl methyl sites for hydroxylation is 1. The number of fused-ring (bicyclic) bond motifs is 3. The van der Waals surface area contributed by atoms with E-state index >= 15 is 0 Å². The summed E-state index contributed by atoms with van der Waals surface area (Å²) in [6.45, 7) is 3.93. The Labute approximate surface area is 163 Å². The zero-order chi connectivity index (χ0) is 18.3. The van der Waals surface area contributed by atoms with Gasteiger partial charge in [-0.05, 0) is 43.7 Å². The van der Waals surface area contributed by atoms with E-state index in [0.717, 1.165) is 29.2 Å². The van der Waals surface area contributed by atoms with Crippen LogP contribution in [0.25, 0.3) is 5.69 Å². The molecule has 0 fully saturated rings. The van der Waals surface area contributed by atoms with Crippen molar-refractivity contribution in [3.05, 3.63) is 82.7 Å². The van der Waals surface area contributed by atoms with Crippen molar-refractivity contribution in [2.24, 2.45) is 4.99 Å². The average molecular weight is 384 g/mol. The second kappa shape index (κ2) is 7.45. The highest BCUT2D eigenvalue weighted by Crippen LogP contribution is 2.27. The lowest BCUT2D eigenvalue weighted by molar-refractivity contribution is 0.101. The summed E-state index contributed by atoms with van der Waals surface area (Å²) in [5.74, 6) is 0.439. The topological polar surface area (TPSA) is 47.2 Å². The van der Waals surface area contributed by atoms with Gasteiger partial charge in [-0.25, -0.2) is 9.37 Å². The molecule has 138 valence electrons. The molecule has 0 radical (unpaired) electrons. The molecule has 6 heteroatoms. The molecule has 0 saturated carbocycles. The van der Waals surface area contributed by atoms with E-state index in [0.29, 0.717) is 23.4 Å². The molecule has 0 spiro atoms. The SMILES string of the molecule is CCc1cn2c(n1)CN=C(c1ccccc1F)c1cc(C(C)=O)ccc1-2.Cl. The maximum atomic E-state index is 14.5. The molecule has 0 bridgehead atoms. The van der Waals surface area contributed by atoms with Gasteiger partial charge in [-0.3, -0.25) is 9.79 Å². The van der Waals surface area contributed by atoms with Gasteiger partial charge >= 0.3 is 0 Å². The number of aromatic nitrogens is 2. The standard InChI is InChI=1S/C21H18FN3O.ClH/c1-3-15-12-25-19-9-8-14(13(2)26)10-17(19)21(23-11-20(25)24-15)16-6-4-5-7-18(16)22;/h4-10,12H,3,11H2,1-2H3;1H. The fraction of sp³-hybridized carbons (Fsp3) is 0.190. The van der Waals surface area contributed by atoms with Crippen molar-refractivity contribution >= 4 is 23.9 Å². The highest BCUT2D eigenvalue weighted by molar-refractivity contribution is 6.16. The minimum absolute atomic E-state index is 0. The number of ketones is 1. The summed E-state index contributed by atoms with van der Waals surface area (Å²) in [5.41, 5.74) is 4.12. The minimum Gasteiger partial charge on any atom is -0.301 e. The van der Waals surface area contributed by atoms with Crippen molar-refractivity contribution in [3.63, 3.8) is 0 Å². The summed E-state index contributed by atoms with van der Waals surface area (Å²) in [4.78, 5) is 21.2. The largest absolute Gasteiger partial charge is 0.301 e. The van der Waals surface area contributed by atoms with E-state index in [-0.39, 0.29) is 24.0 Å². The van der Waals surface area contributed by atoms with Gasteiger partial charge in [0.1, 0.15) is 11.6 Å². The zero-order valence-corrected chi connectivity index (χ0v) is 15.9. The fourth-order valence-electron chi connectivity index (χ4n) is 3.24.